The van der Waals surface area contributed by atoms with Crippen molar-refractivity contribution in [2.24, 2.45) is 0 Å². The Morgan fingerprint density at radius 1 is 1.00 bits per heavy atom. The number of carboxylic acid groups (broad SMARTS) is 2. The van der Waals surface area contributed by atoms with E-state index in [0.717, 1.165) is 6.42 Å². The number of unbranched alkanes of at least 4 members (excludes halogenated alkanes) is 1. The van der Waals surface area contributed by atoms with Crippen molar-refractivity contribution in [3.05, 3.63) is 11.1 Å². The summed E-state index contributed by atoms with van der Waals surface area (Å²) in [5, 5.41) is 26.3. The molecule has 15 heavy (non-hydrogen) atoms. The summed E-state index contributed by atoms with van der Waals surface area (Å²) in [5.41, 5.74) is -0.295. The van der Waals surface area contributed by atoms with E-state index in [2.05, 4.69) is 0 Å². The largest absolute Gasteiger partial charge is 0.478 e. The minimum absolute atomic E-state index is 0.0987. The van der Waals surface area contributed by atoms with Crippen LogP contribution in [-0.2, 0) is 9.59 Å². The van der Waals surface area contributed by atoms with E-state index in [-0.39, 0.29) is 30.6 Å². The first-order valence-electron chi connectivity index (χ1n) is 4.84. The zero-order chi connectivity index (χ0) is 11.8. The van der Waals surface area contributed by atoms with Crippen LogP contribution in [0, 0.1) is 0 Å². The van der Waals surface area contributed by atoms with Gasteiger partial charge in [-0.05, 0) is 12.8 Å². The summed E-state index contributed by atoms with van der Waals surface area (Å²) >= 11 is 0. The Balaban J connectivity index is 4.96. The zero-order valence-electron chi connectivity index (χ0n) is 8.69. The lowest BCUT2D eigenvalue weighted by molar-refractivity contribution is -0.136. The van der Waals surface area contributed by atoms with Crippen molar-refractivity contribution in [3.63, 3.8) is 0 Å². The Morgan fingerprint density at radius 2 is 1.47 bits per heavy atom. The molecule has 0 fully saturated rings. The molecule has 5 nitrogen and oxygen atoms in total. The van der Waals surface area contributed by atoms with Crippen LogP contribution in [0.1, 0.15) is 32.6 Å². The normalized spacial score (nSPS) is 12.1. The van der Waals surface area contributed by atoms with Crippen LogP contribution >= 0.6 is 0 Å². The number of hydrogen-bond acceptors (Lipinski definition) is 3. The van der Waals surface area contributed by atoms with Crippen LogP contribution in [0.3, 0.4) is 0 Å². The van der Waals surface area contributed by atoms with Gasteiger partial charge in [0.25, 0.3) is 0 Å². The van der Waals surface area contributed by atoms with Crippen LogP contribution in [-0.4, -0.2) is 33.9 Å². The van der Waals surface area contributed by atoms with E-state index in [1.807, 2.05) is 6.92 Å². The lowest BCUT2D eigenvalue weighted by Gasteiger charge is -2.06. The minimum atomic E-state index is -1.27. The van der Waals surface area contributed by atoms with E-state index in [4.69, 9.17) is 15.3 Å². The van der Waals surface area contributed by atoms with E-state index >= 15 is 0 Å². The molecule has 0 saturated carbocycles. The van der Waals surface area contributed by atoms with Crippen molar-refractivity contribution < 1.29 is 24.9 Å². The summed E-state index contributed by atoms with van der Waals surface area (Å²) in [6.07, 6.45) is 1.53. The SMILES string of the molecule is CCCC/C(C(=O)O)=C(\CCO)C(=O)O. The van der Waals surface area contributed by atoms with Gasteiger partial charge in [-0.15, -0.1) is 0 Å². The molecular formula is C10H16O5. The molecule has 0 unspecified atom stereocenters. The lowest BCUT2D eigenvalue weighted by Crippen LogP contribution is -2.12. The fourth-order valence-electron chi connectivity index (χ4n) is 1.24. The van der Waals surface area contributed by atoms with Crippen molar-refractivity contribution in [3.8, 4) is 0 Å². The van der Waals surface area contributed by atoms with E-state index in [9.17, 15) is 9.59 Å². The van der Waals surface area contributed by atoms with Gasteiger partial charge >= 0.3 is 11.9 Å². The smallest absolute Gasteiger partial charge is 0.332 e. The van der Waals surface area contributed by atoms with Gasteiger partial charge in [-0.2, -0.15) is 0 Å². The van der Waals surface area contributed by atoms with Gasteiger partial charge in [0, 0.05) is 24.2 Å². The fourth-order valence-corrected chi connectivity index (χ4v) is 1.24. The highest BCUT2D eigenvalue weighted by Gasteiger charge is 2.18. The fraction of sp³-hybridized carbons (Fsp3) is 0.600. The number of aliphatic carboxylic acids is 2. The van der Waals surface area contributed by atoms with Crippen LogP contribution in [0.25, 0.3) is 0 Å². The molecule has 0 aliphatic heterocycles. The Kier molecular flexibility index (Phi) is 6.37. The third-order valence-corrected chi connectivity index (χ3v) is 2.02. The second-order valence-electron chi connectivity index (χ2n) is 3.14. The molecule has 0 aromatic heterocycles. The highest BCUT2D eigenvalue weighted by atomic mass is 16.4. The van der Waals surface area contributed by atoms with Crippen LogP contribution in [0.5, 0.6) is 0 Å². The first-order valence-corrected chi connectivity index (χ1v) is 4.84. The van der Waals surface area contributed by atoms with Gasteiger partial charge in [-0.25, -0.2) is 9.59 Å². The van der Waals surface area contributed by atoms with Gasteiger partial charge in [0.05, 0.1) is 0 Å². The third kappa shape index (κ3) is 4.60. The standard InChI is InChI=1S/C10H16O5/c1-2-3-4-7(9(12)13)8(5-6-11)10(14)15/h11H,2-6H2,1H3,(H,12,13)(H,14,15)/b8-7-. The second kappa shape index (κ2) is 7.00. The second-order valence-corrected chi connectivity index (χ2v) is 3.14. The maximum absolute atomic E-state index is 10.8. The molecular weight excluding hydrogens is 200 g/mol. The van der Waals surface area contributed by atoms with Gasteiger partial charge in [0.2, 0.25) is 0 Å². The van der Waals surface area contributed by atoms with Gasteiger partial charge in [0.15, 0.2) is 0 Å². The maximum Gasteiger partial charge on any atom is 0.332 e. The number of rotatable bonds is 7. The topological polar surface area (TPSA) is 94.8 Å². The van der Waals surface area contributed by atoms with Crippen LogP contribution in [0.2, 0.25) is 0 Å². The molecule has 0 heterocycles. The minimum Gasteiger partial charge on any atom is -0.478 e. The highest BCUT2D eigenvalue weighted by molar-refractivity contribution is 5.98. The van der Waals surface area contributed by atoms with Crippen molar-refractivity contribution in [1.29, 1.82) is 0 Å². The monoisotopic (exact) mass is 216 g/mol. The number of carboxylic acids is 2. The molecule has 0 radical (unpaired) electrons. The first kappa shape index (κ1) is 13.6. The average Bonchev–Trinajstić information content (AvgIpc) is 2.16. The first-order chi connectivity index (χ1) is 7.04. The highest BCUT2D eigenvalue weighted by Crippen LogP contribution is 2.16. The molecule has 0 aromatic carbocycles. The predicted molar refractivity (Wildman–Crippen MR) is 53.5 cm³/mol. The van der Waals surface area contributed by atoms with Gasteiger partial charge in [-0.3, -0.25) is 0 Å². The van der Waals surface area contributed by atoms with E-state index in [1.54, 1.807) is 0 Å². The lowest BCUT2D eigenvalue weighted by atomic mass is 10.0. The molecule has 0 aliphatic carbocycles. The molecule has 5 heteroatoms. The Labute approximate surface area is 88.0 Å². The van der Waals surface area contributed by atoms with Crippen LogP contribution in [0.4, 0.5) is 0 Å². The third-order valence-electron chi connectivity index (χ3n) is 2.02. The summed E-state index contributed by atoms with van der Waals surface area (Å²) in [5.74, 6) is -2.48. The molecule has 0 bridgehead atoms. The summed E-state index contributed by atoms with van der Waals surface area (Å²) in [4.78, 5) is 21.6. The molecule has 86 valence electrons. The van der Waals surface area contributed by atoms with Crippen molar-refractivity contribution in [1.82, 2.24) is 0 Å². The quantitative estimate of drug-likeness (QED) is 0.552. The molecule has 0 atom stereocenters. The van der Waals surface area contributed by atoms with E-state index in [1.165, 1.54) is 0 Å². The van der Waals surface area contributed by atoms with Crippen molar-refractivity contribution in [2.45, 2.75) is 32.6 Å². The van der Waals surface area contributed by atoms with E-state index < -0.39 is 11.9 Å². The van der Waals surface area contributed by atoms with Crippen molar-refractivity contribution >= 4 is 11.9 Å². The van der Waals surface area contributed by atoms with Crippen LogP contribution in [0.15, 0.2) is 11.1 Å². The summed E-state index contributed by atoms with van der Waals surface area (Å²) in [6, 6.07) is 0. The molecule has 0 rings (SSSR count). The number of hydrogen-bond donors (Lipinski definition) is 3. The number of aliphatic hydroxyl groups excluding tert-OH is 1. The predicted octanol–water partition coefficient (Wildman–Crippen LogP) is 1.02. The average molecular weight is 216 g/mol. The Morgan fingerprint density at radius 3 is 1.80 bits per heavy atom. The Bertz CT molecular complexity index is 267. The van der Waals surface area contributed by atoms with Crippen LogP contribution < -0.4 is 0 Å². The number of carbonyl (C=O) groups is 2. The zero-order valence-corrected chi connectivity index (χ0v) is 8.69. The molecule has 0 spiro atoms. The van der Waals surface area contributed by atoms with Crippen molar-refractivity contribution in [2.75, 3.05) is 6.61 Å². The van der Waals surface area contributed by atoms with Gasteiger partial charge < -0.3 is 15.3 Å². The molecule has 0 amide bonds. The van der Waals surface area contributed by atoms with Gasteiger partial charge in [-0.1, -0.05) is 13.3 Å². The molecule has 0 aliphatic rings. The molecule has 3 N–H and O–H groups in total. The molecule has 0 saturated heterocycles. The number of aliphatic hydroxyl groups is 1. The molecule has 0 aromatic rings. The summed E-state index contributed by atoms with van der Waals surface area (Å²) in [6.45, 7) is 1.54. The Hall–Kier alpha value is -1.36. The summed E-state index contributed by atoms with van der Waals surface area (Å²) in [7, 11) is 0. The van der Waals surface area contributed by atoms with E-state index in [0.29, 0.717) is 6.42 Å². The van der Waals surface area contributed by atoms with Gasteiger partial charge in [0.1, 0.15) is 0 Å². The summed E-state index contributed by atoms with van der Waals surface area (Å²) < 4.78 is 0. The maximum atomic E-state index is 10.8.